The van der Waals surface area contributed by atoms with Gasteiger partial charge in [-0.05, 0) is 55.1 Å². The average Bonchev–Trinajstić information content (AvgIpc) is 2.27. The lowest BCUT2D eigenvalue weighted by Gasteiger charge is -2.15. The lowest BCUT2D eigenvalue weighted by molar-refractivity contribution is 0.343. The Hall–Kier alpha value is -0.800. The standard InChI is InChI=1S/C14H20BrNO/c1-4-10(2)9-17-14-11(3)7-13(15)8-12(14)5-6-16/h7-8H,2,4-6,9,16H2,1,3H3. The molecule has 0 bridgehead atoms. The van der Waals surface area contributed by atoms with Crippen molar-refractivity contribution >= 4 is 15.9 Å². The number of halogens is 1. The Labute approximate surface area is 112 Å². The minimum absolute atomic E-state index is 0.580. The van der Waals surface area contributed by atoms with Crippen LogP contribution in [0.1, 0.15) is 24.5 Å². The Balaban J connectivity index is 2.91. The summed E-state index contributed by atoms with van der Waals surface area (Å²) >= 11 is 3.50. The number of hydrogen-bond acceptors (Lipinski definition) is 2. The Morgan fingerprint density at radius 1 is 1.47 bits per heavy atom. The maximum Gasteiger partial charge on any atom is 0.126 e. The molecule has 1 aromatic rings. The maximum absolute atomic E-state index is 5.85. The molecule has 0 spiro atoms. The SMILES string of the molecule is C=C(CC)COc1c(C)cc(Br)cc1CCN. The van der Waals surface area contributed by atoms with Crippen LogP contribution < -0.4 is 10.5 Å². The summed E-state index contributed by atoms with van der Waals surface area (Å²) in [5, 5.41) is 0. The Morgan fingerprint density at radius 3 is 2.76 bits per heavy atom. The lowest BCUT2D eigenvalue weighted by Crippen LogP contribution is -2.08. The molecule has 0 aromatic heterocycles. The number of rotatable bonds is 6. The highest BCUT2D eigenvalue weighted by atomic mass is 79.9. The van der Waals surface area contributed by atoms with Crippen LogP contribution >= 0.6 is 15.9 Å². The van der Waals surface area contributed by atoms with Crippen LogP contribution in [0.4, 0.5) is 0 Å². The second-order valence-corrected chi connectivity index (χ2v) is 5.06. The predicted molar refractivity (Wildman–Crippen MR) is 76.6 cm³/mol. The van der Waals surface area contributed by atoms with Crippen molar-refractivity contribution in [2.24, 2.45) is 5.73 Å². The molecule has 0 amide bonds. The van der Waals surface area contributed by atoms with E-state index in [2.05, 4.69) is 48.5 Å². The van der Waals surface area contributed by atoms with E-state index in [1.54, 1.807) is 0 Å². The van der Waals surface area contributed by atoms with Gasteiger partial charge < -0.3 is 10.5 Å². The van der Waals surface area contributed by atoms with E-state index in [9.17, 15) is 0 Å². The first-order valence-electron chi connectivity index (χ1n) is 5.87. The molecule has 1 rings (SSSR count). The monoisotopic (exact) mass is 297 g/mol. The van der Waals surface area contributed by atoms with E-state index in [4.69, 9.17) is 10.5 Å². The van der Waals surface area contributed by atoms with Crippen LogP contribution in [-0.2, 0) is 6.42 Å². The van der Waals surface area contributed by atoms with Crippen molar-refractivity contribution in [3.8, 4) is 5.75 Å². The maximum atomic E-state index is 5.85. The van der Waals surface area contributed by atoms with Gasteiger partial charge in [0.05, 0.1) is 0 Å². The highest BCUT2D eigenvalue weighted by molar-refractivity contribution is 9.10. The van der Waals surface area contributed by atoms with E-state index in [1.807, 2.05) is 0 Å². The molecule has 2 nitrogen and oxygen atoms in total. The zero-order valence-electron chi connectivity index (χ0n) is 10.6. The van der Waals surface area contributed by atoms with Gasteiger partial charge in [0.1, 0.15) is 12.4 Å². The first-order valence-corrected chi connectivity index (χ1v) is 6.66. The summed E-state index contributed by atoms with van der Waals surface area (Å²) in [7, 11) is 0. The highest BCUT2D eigenvalue weighted by Gasteiger charge is 2.08. The highest BCUT2D eigenvalue weighted by Crippen LogP contribution is 2.28. The van der Waals surface area contributed by atoms with Crippen molar-refractivity contribution in [3.05, 3.63) is 39.9 Å². The molecule has 0 saturated carbocycles. The molecule has 0 saturated heterocycles. The van der Waals surface area contributed by atoms with Crippen LogP contribution in [-0.4, -0.2) is 13.2 Å². The van der Waals surface area contributed by atoms with E-state index in [1.165, 1.54) is 0 Å². The van der Waals surface area contributed by atoms with E-state index in [0.717, 1.165) is 39.8 Å². The van der Waals surface area contributed by atoms with Crippen molar-refractivity contribution in [2.75, 3.05) is 13.2 Å². The summed E-state index contributed by atoms with van der Waals surface area (Å²) in [6.07, 6.45) is 1.77. The Bertz CT molecular complexity index is 401. The Morgan fingerprint density at radius 2 is 2.18 bits per heavy atom. The van der Waals surface area contributed by atoms with Crippen LogP contribution in [0.5, 0.6) is 5.75 Å². The lowest BCUT2D eigenvalue weighted by atomic mass is 10.1. The third-order valence-corrected chi connectivity index (χ3v) is 3.11. The molecule has 2 N–H and O–H groups in total. The summed E-state index contributed by atoms with van der Waals surface area (Å²) in [6.45, 7) is 9.29. The molecule has 0 atom stereocenters. The van der Waals surface area contributed by atoms with Gasteiger partial charge in [-0.25, -0.2) is 0 Å². The van der Waals surface area contributed by atoms with Crippen molar-refractivity contribution in [1.82, 2.24) is 0 Å². The third-order valence-electron chi connectivity index (χ3n) is 2.65. The predicted octanol–water partition coefficient (Wildman–Crippen LogP) is 3.60. The van der Waals surface area contributed by atoms with Crippen LogP contribution in [0.25, 0.3) is 0 Å². The fourth-order valence-corrected chi connectivity index (χ4v) is 2.24. The molecule has 17 heavy (non-hydrogen) atoms. The summed E-state index contributed by atoms with van der Waals surface area (Å²) in [5.74, 6) is 0.952. The molecule has 0 aliphatic heterocycles. The molecular weight excluding hydrogens is 278 g/mol. The van der Waals surface area contributed by atoms with Gasteiger partial charge in [0.2, 0.25) is 0 Å². The van der Waals surface area contributed by atoms with Gasteiger partial charge >= 0.3 is 0 Å². The summed E-state index contributed by atoms with van der Waals surface area (Å²) in [6, 6.07) is 4.13. The van der Waals surface area contributed by atoms with E-state index in [0.29, 0.717) is 13.2 Å². The number of hydrogen-bond donors (Lipinski definition) is 1. The first-order chi connectivity index (χ1) is 8.08. The van der Waals surface area contributed by atoms with Crippen molar-refractivity contribution in [3.63, 3.8) is 0 Å². The minimum Gasteiger partial charge on any atom is -0.489 e. The zero-order valence-corrected chi connectivity index (χ0v) is 12.1. The molecule has 0 heterocycles. The number of benzene rings is 1. The third kappa shape index (κ3) is 4.17. The largest absolute Gasteiger partial charge is 0.489 e. The topological polar surface area (TPSA) is 35.2 Å². The number of ether oxygens (including phenoxy) is 1. The summed E-state index contributed by atoms with van der Waals surface area (Å²) in [5.41, 5.74) is 9.01. The molecule has 0 radical (unpaired) electrons. The molecule has 0 unspecified atom stereocenters. The van der Waals surface area contributed by atoms with Gasteiger partial charge in [0, 0.05) is 4.47 Å². The second kappa shape index (κ2) is 6.82. The van der Waals surface area contributed by atoms with Gasteiger partial charge in [-0.3, -0.25) is 0 Å². The van der Waals surface area contributed by atoms with Crippen molar-refractivity contribution in [2.45, 2.75) is 26.7 Å². The smallest absolute Gasteiger partial charge is 0.126 e. The number of aryl methyl sites for hydroxylation is 1. The van der Waals surface area contributed by atoms with Crippen LogP contribution in [0.2, 0.25) is 0 Å². The second-order valence-electron chi connectivity index (χ2n) is 4.14. The van der Waals surface area contributed by atoms with Gasteiger partial charge in [0.15, 0.2) is 0 Å². The van der Waals surface area contributed by atoms with E-state index >= 15 is 0 Å². The normalized spacial score (nSPS) is 10.4. The summed E-state index contributed by atoms with van der Waals surface area (Å²) < 4.78 is 6.92. The number of nitrogens with two attached hydrogens (primary N) is 1. The quantitative estimate of drug-likeness (QED) is 0.814. The molecule has 94 valence electrons. The first kappa shape index (κ1) is 14.3. The average molecular weight is 298 g/mol. The molecule has 0 aliphatic rings. The van der Waals surface area contributed by atoms with Gasteiger partial charge in [-0.15, -0.1) is 0 Å². The van der Waals surface area contributed by atoms with Crippen LogP contribution in [0.15, 0.2) is 28.8 Å². The molecule has 0 aliphatic carbocycles. The molecule has 3 heteroatoms. The van der Waals surface area contributed by atoms with Crippen LogP contribution in [0.3, 0.4) is 0 Å². The zero-order chi connectivity index (χ0) is 12.8. The fourth-order valence-electron chi connectivity index (χ4n) is 1.62. The van der Waals surface area contributed by atoms with E-state index in [-0.39, 0.29) is 0 Å². The fraction of sp³-hybridized carbons (Fsp3) is 0.429. The van der Waals surface area contributed by atoms with Crippen LogP contribution in [0, 0.1) is 6.92 Å². The molecule has 1 aromatic carbocycles. The van der Waals surface area contributed by atoms with Gasteiger partial charge in [0.25, 0.3) is 0 Å². The summed E-state index contributed by atoms with van der Waals surface area (Å²) in [4.78, 5) is 0. The van der Waals surface area contributed by atoms with Crippen molar-refractivity contribution in [1.29, 1.82) is 0 Å². The molecule has 0 fully saturated rings. The molecular formula is C14H20BrNO. The minimum atomic E-state index is 0.580. The van der Waals surface area contributed by atoms with Gasteiger partial charge in [-0.2, -0.15) is 0 Å². The van der Waals surface area contributed by atoms with Crippen molar-refractivity contribution < 1.29 is 4.74 Å². The van der Waals surface area contributed by atoms with Gasteiger partial charge in [-0.1, -0.05) is 29.4 Å². The van der Waals surface area contributed by atoms with E-state index < -0.39 is 0 Å². The Kier molecular flexibility index (Phi) is 5.72.